The molecule has 2 rings (SSSR count). The second-order valence-corrected chi connectivity index (χ2v) is 7.60. The number of ether oxygens (including phenoxy) is 1. The van der Waals surface area contributed by atoms with Crippen molar-refractivity contribution in [1.29, 1.82) is 0 Å². The predicted octanol–water partition coefficient (Wildman–Crippen LogP) is 3.71. The number of aryl methyl sites for hydroxylation is 1. The molecule has 1 aromatic heterocycles. The molecular formula is C20H28N4O3. The number of benzene rings is 1. The highest BCUT2D eigenvalue weighted by molar-refractivity contribution is 5.83. The van der Waals surface area contributed by atoms with Crippen molar-refractivity contribution in [2.24, 2.45) is 11.7 Å². The van der Waals surface area contributed by atoms with Gasteiger partial charge in [0, 0.05) is 24.3 Å². The van der Waals surface area contributed by atoms with Crippen molar-refractivity contribution in [2.75, 3.05) is 18.6 Å². The summed E-state index contributed by atoms with van der Waals surface area (Å²) < 4.78 is 5.94. The molecule has 1 aromatic carbocycles. The average molecular weight is 372 g/mol. The van der Waals surface area contributed by atoms with Crippen molar-refractivity contribution in [3.63, 3.8) is 0 Å². The van der Waals surface area contributed by atoms with Gasteiger partial charge in [-0.05, 0) is 56.0 Å². The molecule has 0 radical (unpaired) electrons. The smallest absolute Gasteiger partial charge is 0.413 e. The molecule has 0 spiro atoms. The molecule has 0 saturated heterocycles. The van der Waals surface area contributed by atoms with Crippen molar-refractivity contribution in [3.05, 3.63) is 36.0 Å². The summed E-state index contributed by atoms with van der Waals surface area (Å²) in [5, 5.41) is 9.08. The molecule has 2 aromatic rings. The molecule has 0 bridgehead atoms. The van der Waals surface area contributed by atoms with Crippen molar-refractivity contribution < 1.29 is 14.6 Å². The Labute approximate surface area is 160 Å². The van der Waals surface area contributed by atoms with E-state index in [-0.39, 0.29) is 11.5 Å². The summed E-state index contributed by atoms with van der Waals surface area (Å²) in [6, 6.07) is 7.48. The van der Waals surface area contributed by atoms with Crippen LogP contribution in [0.3, 0.4) is 0 Å². The lowest BCUT2D eigenvalue weighted by Crippen LogP contribution is -2.43. The summed E-state index contributed by atoms with van der Waals surface area (Å²) in [4.78, 5) is 20.4. The van der Waals surface area contributed by atoms with Gasteiger partial charge < -0.3 is 15.6 Å². The second-order valence-electron chi connectivity index (χ2n) is 7.60. The molecule has 0 aliphatic carbocycles. The molecule has 3 N–H and O–H groups in total. The van der Waals surface area contributed by atoms with Crippen LogP contribution in [-0.4, -0.2) is 40.4 Å². The molecule has 0 aliphatic heterocycles. The zero-order valence-corrected chi connectivity index (χ0v) is 16.6. The lowest BCUT2D eigenvalue weighted by Gasteiger charge is -2.27. The number of hydrogen-bond donors (Lipinski definition) is 2. The maximum Gasteiger partial charge on any atom is 0.413 e. The van der Waals surface area contributed by atoms with Gasteiger partial charge in [-0.2, -0.15) is 0 Å². The first kappa shape index (κ1) is 20.6. The van der Waals surface area contributed by atoms with Gasteiger partial charge in [0.15, 0.2) is 0 Å². The standard InChI is InChI=1S/C20H28N4O3/c1-13(2)11-20(4,21)12-27-17-7-6-15(10-14(17)3)16-8-9-22-18(23-16)24(5)19(25)26/h6-10,13H,11-12,21H2,1-5H3,(H,25,26)/t20-/m0/s1. The van der Waals surface area contributed by atoms with E-state index in [0.29, 0.717) is 18.2 Å². The van der Waals surface area contributed by atoms with Crippen LogP contribution in [0.5, 0.6) is 5.75 Å². The van der Waals surface area contributed by atoms with Crippen molar-refractivity contribution in [2.45, 2.75) is 39.7 Å². The number of anilines is 1. The van der Waals surface area contributed by atoms with Crippen LogP contribution in [0.2, 0.25) is 0 Å². The number of rotatable bonds is 7. The molecule has 1 heterocycles. The van der Waals surface area contributed by atoms with E-state index in [1.54, 1.807) is 12.3 Å². The quantitative estimate of drug-likeness (QED) is 0.768. The van der Waals surface area contributed by atoms with Crippen LogP contribution >= 0.6 is 0 Å². The Morgan fingerprint density at radius 3 is 2.67 bits per heavy atom. The topological polar surface area (TPSA) is 102 Å². The third-order valence-electron chi connectivity index (χ3n) is 4.13. The predicted molar refractivity (Wildman–Crippen MR) is 106 cm³/mol. The van der Waals surface area contributed by atoms with E-state index in [1.165, 1.54) is 7.05 Å². The zero-order chi connectivity index (χ0) is 20.2. The zero-order valence-electron chi connectivity index (χ0n) is 16.6. The summed E-state index contributed by atoms with van der Waals surface area (Å²) in [7, 11) is 1.41. The fourth-order valence-electron chi connectivity index (χ4n) is 2.96. The number of nitrogens with zero attached hydrogens (tertiary/aromatic N) is 3. The minimum Gasteiger partial charge on any atom is -0.491 e. The molecular weight excluding hydrogens is 344 g/mol. The molecule has 1 atom stereocenters. The molecule has 0 saturated carbocycles. The van der Waals surface area contributed by atoms with E-state index >= 15 is 0 Å². The van der Waals surface area contributed by atoms with Crippen LogP contribution in [-0.2, 0) is 0 Å². The highest BCUT2D eigenvalue weighted by atomic mass is 16.5. The lowest BCUT2D eigenvalue weighted by atomic mass is 9.93. The van der Waals surface area contributed by atoms with Crippen LogP contribution in [0.1, 0.15) is 32.8 Å². The molecule has 0 aliphatic rings. The van der Waals surface area contributed by atoms with Crippen molar-refractivity contribution >= 4 is 12.0 Å². The number of carboxylic acid groups (broad SMARTS) is 1. The van der Waals surface area contributed by atoms with E-state index in [0.717, 1.165) is 28.2 Å². The molecule has 27 heavy (non-hydrogen) atoms. The number of nitrogens with two attached hydrogens (primary N) is 1. The Kier molecular flexibility index (Phi) is 6.38. The number of amides is 1. The third kappa shape index (κ3) is 5.65. The highest BCUT2D eigenvalue weighted by Gasteiger charge is 2.21. The SMILES string of the molecule is Cc1cc(-c2ccnc(N(C)C(=O)O)n2)ccc1OC[C@@](C)(N)CC(C)C. The minimum absolute atomic E-state index is 0.130. The second kappa shape index (κ2) is 8.35. The van der Waals surface area contributed by atoms with E-state index in [1.807, 2.05) is 32.0 Å². The summed E-state index contributed by atoms with van der Waals surface area (Å²) >= 11 is 0. The Balaban J connectivity index is 2.17. The van der Waals surface area contributed by atoms with Crippen molar-refractivity contribution in [1.82, 2.24) is 9.97 Å². The van der Waals surface area contributed by atoms with Gasteiger partial charge in [-0.1, -0.05) is 13.8 Å². The number of carbonyl (C=O) groups is 1. The summed E-state index contributed by atoms with van der Waals surface area (Å²) in [5.41, 5.74) is 8.39. The maximum absolute atomic E-state index is 11.1. The van der Waals surface area contributed by atoms with Crippen molar-refractivity contribution in [3.8, 4) is 17.0 Å². The first-order valence-electron chi connectivity index (χ1n) is 8.91. The number of hydrogen-bond acceptors (Lipinski definition) is 5. The Morgan fingerprint density at radius 1 is 1.37 bits per heavy atom. The van der Waals surface area contributed by atoms with Crippen LogP contribution in [0.4, 0.5) is 10.7 Å². The van der Waals surface area contributed by atoms with Crippen LogP contribution < -0.4 is 15.4 Å². The van der Waals surface area contributed by atoms with Gasteiger partial charge >= 0.3 is 6.09 Å². The Hall–Kier alpha value is -2.67. The Bertz CT molecular complexity index is 806. The molecule has 1 amide bonds. The molecule has 0 fully saturated rings. The first-order chi connectivity index (χ1) is 12.6. The Morgan fingerprint density at radius 2 is 2.07 bits per heavy atom. The average Bonchev–Trinajstić information content (AvgIpc) is 2.59. The maximum atomic E-state index is 11.1. The monoisotopic (exact) mass is 372 g/mol. The minimum atomic E-state index is -1.11. The third-order valence-corrected chi connectivity index (χ3v) is 4.13. The van der Waals surface area contributed by atoms with E-state index in [9.17, 15) is 4.79 Å². The summed E-state index contributed by atoms with van der Waals surface area (Å²) in [6.45, 7) is 8.68. The lowest BCUT2D eigenvalue weighted by molar-refractivity contribution is 0.203. The van der Waals surface area contributed by atoms with E-state index in [4.69, 9.17) is 15.6 Å². The van der Waals surface area contributed by atoms with Gasteiger partial charge in [-0.15, -0.1) is 0 Å². The van der Waals surface area contributed by atoms with Gasteiger partial charge in [0.25, 0.3) is 0 Å². The normalized spacial score (nSPS) is 13.3. The fourth-order valence-corrected chi connectivity index (χ4v) is 2.96. The van der Waals surface area contributed by atoms with Gasteiger partial charge in [0.1, 0.15) is 12.4 Å². The summed E-state index contributed by atoms with van der Waals surface area (Å²) in [6.07, 6.45) is 1.31. The van der Waals surface area contributed by atoms with Crippen LogP contribution in [0.15, 0.2) is 30.5 Å². The van der Waals surface area contributed by atoms with Gasteiger partial charge in [0.05, 0.1) is 5.69 Å². The van der Waals surface area contributed by atoms with E-state index in [2.05, 4.69) is 23.8 Å². The highest BCUT2D eigenvalue weighted by Crippen LogP contribution is 2.27. The number of aromatic nitrogens is 2. The molecule has 7 nitrogen and oxygen atoms in total. The van der Waals surface area contributed by atoms with Gasteiger partial charge in [-0.3, -0.25) is 0 Å². The van der Waals surface area contributed by atoms with Crippen LogP contribution in [0, 0.1) is 12.8 Å². The largest absolute Gasteiger partial charge is 0.491 e. The van der Waals surface area contributed by atoms with Gasteiger partial charge in [-0.25, -0.2) is 19.7 Å². The van der Waals surface area contributed by atoms with Gasteiger partial charge in [0.2, 0.25) is 5.95 Å². The fraction of sp³-hybridized carbons (Fsp3) is 0.450. The molecule has 7 heteroatoms. The van der Waals surface area contributed by atoms with E-state index < -0.39 is 6.09 Å². The first-order valence-corrected chi connectivity index (χ1v) is 8.91. The molecule has 146 valence electrons. The van der Waals surface area contributed by atoms with Crippen LogP contribution in [0.25, 0.3) is 11.3 Å². The molecule has 0 unspecified atom stereocenters. The summed E-state index contributed by atoms with van der Waals surface area (Å²) in [5.74, 6) is 1.41.